The fraction of sp³-hybridized carbons (Fsp3) is 0.316. The number of methoxy groups -OCH3 is 1. The molecule has 0 fully saturated rings. The Bertz CT molecular complexity index is 635. The molecule has 0 unspecified atom stereocenters. The number of aryl methyl sites for hydroxylation is 1. The number of likely N-dealkylation sites (N-methyl/N-ethyl adjacent to an activating group) is 1. The van der Waals surface area contributed by atoms with E-state index in [1.807, 2.05) is 43.3 Å². The monoisotopic (exact) mass is 313 g/mol. The van der Waals surface area contributed by atoms with E-state index in [2.05, 4.69) is 0 Å². The molecule has 2 aromatic rings. The van der Waals surface area contributed by atoms with Gasteiger partial charge in [-0.1, -0.05) is 29.8 Å². The van der Waals surface area contributed by atoms with Gasteiger partial charge in [0.25, 0.3) is 5.91 Å². The first-order valence-electron chi connectivity index (χ1n) is 7.61. The van der Waals surface area contributed by atoms with Crippen molar-refractivity contribution < 1.29 is 14.3 Å². The topological polar surface area (TPSA) is 38.8 Å². The zero-order valence-corrected chi connectivity index (χ0v) is 14.1. The number of benzene rings is 2. The van der Waals surface area contributed by atoms with E-state index >= 15 is 0 Å². The van der Waals surface area contributed by atoms with Crippen LogP contribution >= 0.6 is 0 Å². The van der Waals surface area contributed by atoms with Crippen LogP contribution in [0.3, 0.4) is 0 Å². The van der Waals surface area contributed by atoms with Crippen molar-refractivity contribution in [2.24, 2.45) is 0 Å². The summed E-state index contributed by atoms with van der Waals surface area (Å²) in [7, 11) is 3.40. The highest BCUT2D eigenvalue weighted by Gasteiger charge is 2.19. The van der Waals surface area contributed by atoms with Crippen LogP contribution in [0.15, 0.2) is 48.5 Å². The minimum absolute atomic E-state index is 0.0543. The maximum Gasteiger partial charge on any atom is 0.263 e. The Morgan fingerprint density at radius 2 is 1.61 bits per heavy atom. The van der Waals surface area contributed by atoms with Gasteiger partial charge in [0.05, 0.1) is 7.11 Å². The molecule has 0 aromatic heterocycles. The zero-order chi connectivity index (χ0) is 16.8. The quantitative estimate of drug-likeness (QED) is 0.820. The highest BCUT2D eigenvalue weighted by Crippen LogP contribution is 2.18. The van der Waals surface area contributed by atoms with Crippen LogP contribution in [-0.4, -0.2) is 31.1 Å². The van der Waals surface area contributed by atoms with Crippen LogP contribution in [-0.2, 0) is 11.3 Å². The second-order valence-electron chi connectivity index (χ2n) is 5.62. The number of nitrogens with zero attached hydrogens (tertiary/aromatic N) is 1. The van der Waals surface area contributed by atoms with Crippen LogP contribution in [0, 0.1) is 6.92 Å². The van der Waals surface area contributed by atoms with Crippen molar-refractivity contribution in [2.45, 2.75) is 26.5 Å². The van der Waals surface area contributed by atoms with Gasteiger partial charge in [-0.3, -0.25) is 4.79 Å². The maximum absolute atomic E-state index is 12.4. The van der Waals surface area contributed by atoms with Gasteiger partial charge in [-0.2, -0.15) is 0 Å². The summed E-state index contributed by atoms with van der Waals surface area (Å²) in [6.45, 7) is 4.37. The summed E-state index contributed by atoms with van der Waals surface area (Å²) < 4.78 is 10.8. The van der Waals surface area contributed by atoms with E-state index in [-0.39, 0.29) is 5.91 Å². The molecule has 0 saturated heterocycles. The first kappa shape index (κ1) is 16.9. The van der Waals surface area contributed by atoms with Gasteiger partial charge in [-0.15, -0.1) is 0 Å². The molecular formula is C19H23NO3. The molecule has 0 radical (unpaired) electrons. The van der Waals surface area contributed by atoms with E-state index in [9.17, 15) is 4.79 Å². The summed E-state index contributed by atoms with van der Waals surface area (Å²) >= 11 is 0. The van der Waals surface area contributed by atoms with E-state index in [0.717, 1.165) is 11.3 Å². The van der Waals surface area contributed by atoms with E-state index in [4.69, 9.17) is 9.47 Å². The van der Waals surface area contributed by atoms with Crippen molar-refractivity contribution in [3.63, 3.8) is 0 Å². The molecule has 2 aromatic carbocycles. The highest BCUT2D eigenvalue weighted by atomic mass is 16.5. The zero-order valence-electron chi connectivity index (χ0n) is 14.1. The molecule has 0 aliphatic carbocycles. The molecule has 0 N–H and O–H groups in total. The number of hydrogen-bond acceptors (Lipinski definition) is 3. The summed E-state index contributed by atoms with van der Waals surface area (Å²) in [4.78, 5) is 14.1. The van der Waals surface area contributed by atoms with E-state index in [0.29, 0.717) is 12.3 Å². The largest absolute Gasteiger partial charge is 0.497 e. The SMILES string of the molecule is COc1ccc(O[C@@H](C)C(=O)N(C)Cc2ccc(C)cc2)cc1. The normalized spacial score (nSPS) is 11.7. The van der Waals surface area contributed by atoms with Gasteiger partial charge in [0.15, 0.2) is 6.10 Å². The molecule has 4 nitrogen and oxygen atoms in total. The predicted octanol–water partition coefficient (Wildman–Crippen LogP) is 3.43. The lowest BCUT2D eigenvalue weighted by Gasteiger charge is -2.22. The van der Waals surface area contributed by atoms with Gasteiger partial charge in [-0.05, 0) is 43.7 Å². The summed E-state index contributed by atoms with van der Waals surface area (Å²) in [6.07, 6.45) is -0.543. The number of hydrogen-bond donors (Lipinski definition) is 0. The molecule has 0 saturated carbocycles. The Kier molecular flexibility index (Phi) is 5.63. The van der Waals surface area contributed by atoms with Crippen molar-refractivity contribution in [2.75, 3.05) is 14.2 Å². The van der Waals surface area contributed by atoms with E-state index < -0.39 is 6.10 Å². The average Bonchev–Trinajstić information content (AvgIpc) is 2.56. The fourth-order valence-electron chi connectivity index (χ4n) is 2.26. The van der Waals surface area contributed by atoms with Crippen molar-refractivity contribution in [3.8, 4) is 11.5 Å². The van der Waals surface area contributed by atoms with Crippen LogP contribution in [0.2, 0.25) is 0 Å². The predicted molar refractivity (Wildman–Crippen MR) is 90.7 cm³/mol. The Hall–Kier alpha value is -2.49. The van der Waals surface area contributed by atoms with Gasteiger partial charge < -0.3 is 14.4 Å². The maximum atomic E-state index is 12.4. The van der Waals surface area contributed by atoms with Crippen molar-refractivity contribution in [1.82, 2.24) is 4.90 Å². The Labute approximate surface area is 137 Å². The molecule has 4 heteroatoms. The minimum atomic E-state index is -0.543. The van der Waals surface area contributed by atoms with Gasteiger partial charge in [-0.25, -0.2) is 0 Å². The molecule has 1 atom stereocenters. The van der Waals surface area contributed by atoms with Gasteiger partial charge in [0.1, 0.15) is 11.5 Å². The molecule has 122 valence electrons. The first-order chi connectivity index (χ1) is 11.0. The Balaban J connectivity index is 1.93. The van der Waals surface area contributed by atoms with Gasteiger partial charge >= 0.3 is 0 Å². The second kappa shape index (κ2) is 7.68. The molecule has 0 bridgehead atoms. The lowest BCUT2D eigenvalue weighted by Crippen LogP contribution is -2.37. The smallest absolute Gasteiger partial charge is 0.263 e. The first-order valence-corrected chi connectivity index (χ1v) is 7.61. The second-order valence-corrected chi connectivity index (χ2v) is 5.62. The average molecular weight is 313 g/mol. The molecule has 0 spiro atoms. The van der Waals surface area contributed by atoms with Crippen LogP contribution < -0.4 is 9.47 Å². The number of ether oxygens (including phenoxy) is 2. The third-order valence-corrected chi connectivity index (χ3v) is 3.64. The van der Waals surface area contributed by atoms with Crippen molar-refractivity contribution in [3.05, 3.63) is 59.7 Å². The number of rotatable bonds is 6. The van der Waals surface area contributed by atoms with Crippen LogP contribution in [0.5, 0.6) is 11.5 Å². The van der Waals surface area contributed by atoms with Crippen LogP contribution in [0.25, 0.3) is 0 Å². The van der Waals surface area contributed by atoms with Crippen molar-refractivity contribution in [1.29, 1.82) is 0 Å². The number of carbonyl (C=O) groups is 1. The van der Waals surface area contributed by atoms with E-state index in [1.165, 1.54) is 5.56 Å². The third-order valence-electron chi connectivity index (χ3n) is 3.64. The number of carbonyl (C=O) groups excluding carboxylic acids is 1. The Morgan fingerprint density at radius 3 is 2.17 bits per heavy atom. The standard InChI is InChI=1S/C19H23NO3/c1-14-5-7-16(8-6-14)13-20(3)19(21)15(2)23-18-11-9-17(22-4)10-12-18/h5-12,15H,13H2,1-4H3/t15-/m0/s1. The highest BCUT2D eigenvalue weighted by molar-refractivity contribution is 5.80. The van der Waals surface area contributed by atoms with Crippen LogP contribution in [0.1, 0.15) is 18.1 Å². The molecule has 2 rings (SSSR count). The Morgan fingerprint density at radius 1 is 1.04 bits per heavy atom. The van der Waals surface area contributed by atoms with Gasteiger partial charge in [0, 0.05) is 13.6 Å². The number of amides is 1. The fourth-order valence-corrected chi connectivity index (χ4v) is 2.26. The summed E-state index contributed by atoms with van der Waals surface area (Å²) in [5.74, 6) is 1.35. The molecule has 0 aliphatic rings. The van der Waals surface area contributed by atoms with E-state index in [1.54, 1.807) is 38.1 Å². The molecule has 0 heterocycles. The molecule has 23 heavy (non-hydrogen) atoms. The lowest BCUT2D eigenvalue weighted by atomic mass is 10.1. The van der Waals surface area contributed by atoms with Crippen LogP contribution in [0.4, 0.5) is 0 Å². The summed E-state index contributed by atoms with van der Waals surface area (Å²) in [6, 6.07) is 15.4. The molecular weight excluding hydrogens is 290 g/mol. The summed E-state index contributed by atoms with van der Waals surface area (Å²) in [5.41, 5.74) is 2.31. The molecule has 0 aliphatic heterocycles. The third kappa shape index (κ3) is 4.74. The van der Waals surface area contributed by atoms with Gasteiger partial charge in [0.2, 0.25) is 0 Å². The minimum Gasteiger partial charge on any atom is -0.497 e. The summed E-state index contributed by atoms with van der Waals surface area (Å²) in [5, 5.41) is 0. The van der Waals surface area contributed by atoms with Crippen molar-refractivity contribution >= 4 is 5.91 Å². The molecule has 1 amide bonds. The lowest BCUT2D eigenvalue weighted by molar-refractivity contribution is -0.137.